The Labute approximate surface area is 114 Å². The van der Waals surface area contributed by atoms with E-state index in [0.29, 0.717) is 4.77 Å². The average Bonchev–Trinajstić information content (AvgIpc) is 2.71. The van der Waals surface area contributed by atoms with Crippen molar-refractivity contribution >= 4 is 12.2 Å². The molecule has 0 aliphatic heterocycles. The molecule has 0 radical (unpaired) electrons. The maximum absolute atomic E-state index is 12.1. The number of nitrogens with zero attached hydrogens (tertiary/aromatic N) is 2. The van der Waals surface area contributed by atoms with Crippen LogP contribution in [-0.4, -0.2) is 21.4 Å². The third-order valence-electron chi connectivity index (χ3n) is 2.53. The van der Waals surface area contributed by atoms with Gasteiger partial charge in [-0.3, -0.25) is 9.67 Å². The van der Waals surface area contributed by atoms with Crippen LogP contribution in [0.5, 0.6) is 5.75 Å². The molecule has 19 heavy (non-hydrogen) atoms. The van der Waals surface area contributed by atoms with E-state index in [9.17, 15) is 8.78 Å². The number of alkyl halides is 2. The summed E-state index contributed by atoms with van der Waals surface area (Å²) in [4.78, 5) is 0. The highest BCUT2D eigenvalue weighted by molar-refractivity contribution is 7.71. The van der Waals surface area contributed by atoms with Gasteiger partial charge in [0.05, 0.1) is 0 Å². The van der Waals surface area contributed by atoms with Crippen LogP contribution in [0, 0.1) is 4.77 Å². The first-order valence-electron chi connectivity index (χ1n) is 5.71. The minimum atomic E-state index is -2.83. The zero-order valence-corrected chi connectivity index (χ0v) is 11.2. The Morgan fingerprint density at radius 1 is 1.26 bits per heavy atom. The van der Waals surface area contributed by atoms with Gasteiger partial charge in [0.1, 0.15) is 11.6 Å². The highest BCUT2D eigenvalue weighted by Gasteiger charge is 2.12. The molecule has 0 spiro atoms. The normalized spacial score (nSPS) is 11.3. The van der Waals surface area contributed by atoms with Crippen molar-refractivity contribution in [3.8, 4) is 11.4 Å². The molecule has 1 heterocycles. The van der Waals surface area contributed by atoms with E-state index in [0.717, 1.165) is 11.5 Å². The molecule has 0 aliphatic carbocycles. The van der Waals surface area contributed by atoms with E-state index in [1.165, 1.54) is 12.1 Å². The standard InChI is InChI=1S/C12H13F2N3OS/c1-7(2)10-15-16-12(19)17(10)8-3-5-9(6-4-8)18-11(13)14/h3-7,11H,1-2H3,(H,16,19). The van der Waals surface area contributed by atoms with Crippen molar-refractivity contribution in [3.05, 3.63) is 34.9 Å². The fourth-order valence-electron chi connectivity index (χ4n) is 1.72. The number of aromatic nitrogens is 3. The van der Waals surface area contributed by atoms with E-state index >= 15 is 0 Å². The lowest BCUT2D eigenvalue weighted by Crippen LogP contribution is -2.04. The van der Waals surface area contributed by atoms with Gasteiger partial charge in [-0.05, 0) is 36.5 Å². The lowest BCUT2D eigenvalue weighted by Gasteiger charge is -2.10. The van der Waals surface area contributed by atoms with Gasteiger partial charge in [-0.2, -0.15) is 13.9 Å². The monoisotopic (exact) mass is 285 g/mol. The number of aromatic amines is 1. The Bertz CT molecular complexity index is 604. The zero-order valence-electron chi connectivity index (χ0n) is 10.4. The first-order valence-corrected chi connectivity index (χ1v) is 6.12. The minimum absolute atomic E-state index is 0.111. The van der Waals surface area contributed by atoms with Crippen LogP contribution in [0.25, 0.3) is 5.69 Å². The van der Waals surface area contributed by atoms with E-state index in [2.05, 4.69) is 14.9 Å². The van der Waals surface area contributed by atoms with E-state index in [4.69, 9.17) is 12.2 Å². The molecule has 2 rings (SSSR count). The van der Waals surface area contributed by atoms with Crippen molar-refractivity contribution in [2.45, 2.75) is 26.4 Å². The summed E-state index contributed by atoms with van der Waals surface area (Å²) in [5.41, 5.74) is 0.754. The summed E-state index contributed by atoms with van der Waals surface area (Å²) in [6, 6.07) is 6.27. The molecule has 7 heteroatoms. The Hall–Kier alpha value is -1.76. The Morgan fingerprint density at radius 2 is 1.89 bits per heavy atom. The van der Waals surface area contributed by atoms with Crippen LogP contribution < -0.4 is 4.74 Å². The number of halogens is 2. The summed E-state index contributed by atoms with van der Waals surface area (Å²) in [5, 5.41) is 6.89. The van der Waals surface area contributed by atoms with Crippen LogP contribution in [0.1, 0.15) is 25.6 Å². The maximum atomic E-state index is 12.1. The van der Waals surface area contributed by atoms with Gasteiger partial charge in [-0.15, -0.1) is 0 Å². The highest BCUT2D eigenvalue weighted by atomic mass is 32.1. The third kappa shape index (κ3) is 2.98. The first-order chi connectivity index (χ1) is 8.99. The second-order valence-electron chi connectivity index (χ2n) is 4.25. The van der Waals surface area contributed by atoms with Crippen molar-refractivity contribution in [1.29, 1.82) is 0 Å². The van der Waals surface area contributed by atoms with Crippen LogP contribution >= 0.6 is 12.2 Å². The lowest BCUT2D eigenvalue weighted by atomic mass is 10.2. The maximum Gasteiger partial charge on any atom is 0.387 e. The summed E-state index contributed by atoms with van der Waals surface area (Å²) >= 11 is 5.17. The Kier molecular flexibility index (Phi) is 3.94. The molecule has 102 valence electrons. The SMILES string of the molecule is CC(C)c1n[nH]c(=S)n1-c1ccc(OC(F)F)cc1. The van der Waals surface area contributed by atoms with E-state index in [1.807, 2.05) is 13.8 Å². The number of hydrogen-bond donors (Lipinski definition) is 1. The van der Waals surface area contributed by atoms with Crippen molar-refractivity contribution in [2.24, 2.45) is 0 Å². The molecule has 0 unspecified atom stereocenters. The fraction of sp³-hybridized carbons (Fsp3) is 0.333. The Balaban J connectivity index is 2.37. The fourth-order valence-corrected chi connectivity index (χ4v) is 1.97. The second-order valence-corrected chi connectivity index (χ2v) is 4.64. The number of H-pyrrole nitrogens is 1. The highest BCUT2D eigenvalue weighted by Crippen LogP contribution is 2.21. The number of rotatable bonds is 4. The topological polar surface area (TPSA) is 42.8 Å². The van der Waals surface area contributed by atoms with Gasteiger partial charge in [0.25, 0.3) is 0 Å². The smallest absolute Gasteiger partial charge is 0.387 e. The van der Waals surface area contributed by atoms with Gasteiger partial charge in [-0.25, -0.2) is 0 Å². The van der Waals surface area contributed by atoms with E-state index in [1.54, 1.807) is 16.7 Å². The molecule has 0 atom stereocenters. The van der Waals surface area contributed by atoms with Crippen molar-refractivity contribution in [1.82, 2.24) is 14.8 Å². The molecule has 1 aromatic heterocycles. The van der Waals surface area contributed by atoms with Crippen LogP contribution in [0.3, 0.4) is 0 Å². The van der Waals surface area contributed by atoms with Gasteiger partial charge < -0.3 is 4.74 Å². The Morgan fingerprint density at radius 3 is 2.42 bits per heavy atom. The average molecular weight is 285 g/mol. The number of benzene rings is 1. The van der Waals surface area contributed by atoms with Crippen molar-refractivity contribution in [3.63, 3.8) is 0 Å². The third-order valence-corrected chi connectivity index (χ3v) is 2.81. The molecule has 0 saturated carbocycles. The second kappa shape index (κ2) is 5.48. The summed E-state index contributed by atoms with van der Waals surface area (Å²) in [5.74, 6) is 1.08. The predicted molar refractivity (Wildman–Crippen MR) is 69.5 cm³/mol. The molecule has 2 aromatic rings. The summed E-state index contributed by atoms with van der Waals surface area (Å²) in [7, 11) is 0. The number of ether oxygens (including phenoxy) is 1. The number of hydrogen-bond acceptors (Lipinski definition) is 3. The molecule has 1 aromatic carbocycles. The van der Waals surface area contributed by atoms with Crippen LogP contribution in [0.4, 0.5) is 8.78 Å². The molecular formula is C12H13F2N3OS. The first kappa shape index (κ1) is 13.7. The van der Waals surface area contributed by atoms with Gasteiger partial charge in [0.2, 0.25) is 0 Å². The van der Waals surface area contributed by atoms with Crippen molar-refractivity contribution < 1.29 is 13.5 Å². The van der Waals surface area contributed by atoms with Crippen molar-refractivity contribution in [2.75, 3.05) is 0 Å². The molecular weight excluding hydrogens is 272 g/mol. The molecule has 0 bridgehead atoms. The largest absolute Gasteiger partial charge is 0.435 e. The molecule has 4 nitrogen and oxygen atoms in total. The van der Waals surface area contributed by atoms with E-state index < -0.39 is 6.61 Å². The van der Waals surface area contributed by atoms with Crippen LogP contribution in [-0.2, 0) is 0 Å². The molecule has 0 aliphatic rings. The lowest BCUT2D eigenvalue weighted by molar-refractivity contribution is -0.0498. The van der Waals surface area contributed by atoms with E-state index in [-0.39, 0.29) is 11.7 Å². The molecule has 1 N–H and O–H groups in total. The van der Waals surface area contributed by atoms with Gasteiger partial charge >= 0.3 is 6.61 Å². The van der Waals surface area contributed by atoms with Crippen LogP contribution in [0.2, 0.25) is 0 Å². The number of nitrogens with one attached hydrogen (secondary N) is 1. The summed E-state index contributed by atoms with van der Waals surface area (Å²) in [6.45, 7) is 1.17. The van der Waals surface area contributed by atoms with Gasteiger partial charge in [0, 0.05) is 11.6 Å². The summed E-state index contributed by atoms with van der Waals surface area (Å²) in [6.07, 6.45) is 0. The zero-order chi connectivity index (χ0) is 14.0. The van der Waals surface area contributed by atoms with Gasteiger partial charge in [0.15, 0.2) is 4.77 Å². The van der Waals surface area contributed by atoms with Crippen LogP contribution in [0.15, 0.2) is 24.3 Å². The van der Waals surface area contributed by atoms with Gasteiger partial charge in [-0.1, -0.05) is 13.8 Å². The predicted octanol–water partition coefficient (Wildman–Crippen LogP) is 3.65. The molecule has 0 fully saturated rings. The summed E-state index contributed by atoms with van der Waals surface area (Å²) < 4.78 is 30.7. The minimum Gasteiger partial charge on any atom is -0.435 e. The molecule has 0 amide bonds. The molecule has 0 saturated heterocycles. The quantitative estimate of drug-likeness (QED) is 0.872.